The van der Waals surface area contributed by atoms with Crippen molar-refractivity contribution in [2.45, 2.75) is 25.7 Å². The van der Waals surface area contributed by atoms with E-state index in [0.717, 1.165) is 14.7 Å². The second kappa shape index (κ2) is 8.01. The molecule has 0 spiro atoms. The van der Waals surface area contributed by atoms with E-state index in [4.69, 9.17) is 0 Å². The molecule has 0 atom stereocenters. The molecule has 0 saturated heterocycles. The molecule has 0 saturated carbocycles. The molecule has 0 radical (unpaired) electrons. The molecule has 2 aromatic rings. The summed E-state index contributed by atoms with van der Waals surface area (Å²) in [5, 5.41) is 2.66. The highest BCUT2D eigenvalue weighted by atomic mass is 127. The Morgan fingerprint density at radius 1 is 1.12 bits per heavy atom. The maximum absolute atomic E-state index is 12.6. The van der Waals surface area contributed by atoms with Crippen LogP contribution in [0.1, 0.15) is 19.4 Å². The molecule has 0 aromatic heterocycles. The van der Waals surface area contributed by atoms with Gasteiger partial charge in [0.25, 0.3) is 10.0 Å². The number of sulfonamides is 1. The minimum absolute atomic E-state index is 0.0832. The largest absolute Gasteiger partial charge is 0.322 e. The number of aryl methyl sites for hydroxylation is 1. The van der Waals surface area contributed by atoms with E-state index in [-0.39, 0.29) is 10.8 Å². The molecule has 2 N–H and O–H groups in total. The van der Waals surface area contributed by atoms with Crippen LogP contribution >= 0.6 is 22.6 Å². The summed E-state index contributed by atoms with van der Waals surface area (Å²) in [5.74, 6) is -0.296. The van der Waals surface area contributed by atoms with Gasteiger partial charge in [0.15, 0.2) is 0 Å². The summed E-state index contributed by atoms with van der Waals surface area (Å²) in [6, 6.07) is 11.7. The highest BCUT2D eigenvalue weighted by molar-refractivity contribution is 14.1. The molecule has 5 nitrogen and oxygen atoms in total. The average molecular weight is 470 g/mol. The molecule has 0 bridgehead atoms. The standard InChI is InChI=1S/C18H19IN2O3S/c1-12(2)9-18(22)20-14-5-4-6-15(11-14)25(23,24)21-17-10-13(3)7-8-16(17)19/h4-11,21H,1-3H3,(H,20,22). The highest BCUT2D eigenvalue weighted by Crippen LogP contribution is 2.24. The lowest BCUT2D eigenvalue weighted by Crippen LogP contribution is -2.15. The van der Waals surface area contributed by atoms with Crippen molar-refractivity contribution < 1.29 is 13.2 Å². The number of hydrogen-bond acceptors (Lipinski definition) is 3. The Balaban J connectivity index is 2.28. The van der Waals surface area contributed by atoms with Gasteiger partial charge in [-0.25, -0.2) is 8.42 Å². The zero-order chi connectivity index (χ0) is 18.6. The molecular formula is C18H19IN2O3S. The van der Waals surface area contributed by atoms with Crippen molar-refractivity contribution in [3.63, 3.8) is 0 Å². The molecule has 0 aliphatic heterocycles. The second-order valence-electron chi connectivity index (χ2n) is 5.83. The first-order chi connectivity index (χ1) is 11.7. The second-order valence-corrected chi connectivity index (χ2v) is 8.67. The van der Waals surface area contributed by atoms with Crippen molar-refractivity contribution in [3.8, 4) is 0 Å². The molecule has 7 heteroatoms. The number of carbonyl (C=O) groups excluding carboxylic acids is 1. The Labute approximate surface area is 161 Å². The fourth-order valence-corrected chi connectivity index (χ4v) is 3.87. The van der Waals surface area contributed by atoms with Crippen molar-refractivity contribution >= 4 is 49.9 Å². The molecule has 0 unspecified atom stereocenters. The van der Waals surface area contributed by atoms with Crippen LogP contribution in [0.25, 0.3) is 0 Å². The summed E-state index contributed by atoms with van der Waals surface area (Å²) in [4.78, 5) is 11.9. The molecule has 2 rings (SSSR count). The van der Waals surface area contributed by atoms with Gasteiger partial charge in [-0.2, -0.15) is 0 Å². The molecule has 0 fully saturated rings. The quantitative estimate of drug-likeness (QED) is 0.506. The Kier molecular flexibility index (Phi) is 6.23. The third-order valence-corrected chi connectivity index (χ3v) is 5.50. The molecular weight excluding hydrogens is 451 g/mol. The summed E-state index contributed by atoms with van der Waals surface area (Å²) in [5.41, 5.74) is 2.77. The van der Waals surface area contributed by atoms with Gasteiger partial charge in [0.1, 0.15) is 0 Å². The first kappa shape index (κ1) is 19.5. The fourth-order valence-electron chi connectivity index (χ4n) is 2.10. The molecule has 132 valence electrons. The number of benzene rings is 2. The van der Waals surface area contributed by atoms with Crippen LogP contribution in [0.4, 0.5) is 11.4 Å². The zero-order valence-electron chi connectivity index (χ0n) is 14.1. The first-order valence-corrected chi connectivity index (χ1v) is 10.1. The normalized spacial score (nSPS) is 10.9. The maximum atomic E-state index is 12.6. The van der Waals surface area contributed by atoms with Gasteiger partial charge in [0.2, 0.25) is 5.91 Å². The van der Waals surface area contributed by atoms with Gasteiger partial charge in [-0.15, -0.1) is 0 Å². The Morgan fingerprint density at radius 3 is 2.52 bits per heavy atom. The Morgan fingerprint density at radius 2 is 1.84 bits per heavy atom. The van der Waals surface area contributed by atoms with Crippen LogP contribution in [-0.4, -0.2) is 14.3 Å². The number of allylic oxidation sites excluding steroid dienone is 1. The SMILES string of the molecule is CC(C)=CC(=O)Nc1cccc(S(=O)(=O)Nc2cc(C)ccc2I)c1. The average Bonchev–Trinajstić information content (AvgIpc) is 2.50. The molecule has 0 aliphatic carbocycles. The summed E-state index contributed by atoms with van der Waals surface area (Å²) in [7, 11) is -3.76. The van der Waals surface area contributed by atoms with Crippen LogP contribution in [0.5, 0.6) is 0 Å². The number of halogens is 1. The molecule has 0 aliphatic rings. The van der Waals surface area contributed by atoms with Gasteiger partial charge in [-0.05, 0) is 79.3 Å². The van der Waals surface area contributed by atoms with E-state index in [1.54, 1.807) is 18.2 Å². The van der Waals surface area contributed by atoms with Crippen LogP contribution in [0.2, 0.25) is 0 Å². The van der Waals surface area contributed by atoms with Gasteiger partial charge in [-0.1, -0.05) is 17.7 Å². The molecule has 0 heterocycles. The van der Waals surface area contributed by atoms with E-state index in [1.807, 2.05) is 32.9 Å². The van der Waals surface area contributed by atoms with Gasteiger partial charge >= 0.3 is 0 Å². The minimum atomic E-state index is -3.76. The zero-order valence-corrected chi connectivity index (χ0v) is 17.1. The summed E-state index contributed by atoms with van der Waals surface area (Å²) >= 11 is 2.08. The van der Waals surface area contributed by atoms with Crippen molar-refractivity contribution in [2.75, 3.05) is 10.0 Å². The highest BCUT2D eigenvalue weighted by Gasteiger charge is 2.16. The number of amides is 1. The van der Waals surface area contributed by atoms with Crippen molar-refractivity contribution in [1.82, 2.24) is 0 Å². The van der Waals surface area contributed by atoms with Crippen molar-refractivity contribution in [3.05, 3.63) is 63.2 Å². The predicted molar refractivity (Wildman–Crippen MR) is 109 cm³/mol. The van der Waals surface area contributed by atoms with Gasteiger partial charge in [0.05, 0.1) is 10.6 Å². The first-order valence-electron chi connectivity index (χ1n) is 7.52. The monoisotopic (exact) mass is 470 g/mol. The predicted octanol–water partition coefficient (Wildman–Crippen LogP) is 4.31. The van der Waals surface area contributed by atoms with Crippen LogP contribution in [0.15, 0.2) is 59.0 Å². The van der Waals surface area contributed by atoms with Gasteiger partial charge in [-0.3, -0.25) is 9.52 Å². The molecule has 1 amide bonds. The van der Waals surface area contributed by atoms with E-state index >= 15 is 0 Å². The maximum Gasteiger partial charge on any atom is 0.262 e. The summed E-state index contributed by atoms with van der Waals surface area (Å²) in [6.07, 6.45) is 1.45. The van der Waals surface area contributed by atoms with Gasteiger partial charge in [0, 0.05) is 15.3 Å². The van der Waals surface area contributed by atoms with Gasteiger partial charge < -0.3 is 5.32 Å². The lowest BCUT2D eigenvalue weighted by atomic mass is 10.2. The molecule has 25 heavy (non-hydrogen) atoms. The third kappa shape index (κ3) is 5.57. The van der Waals surface area contributed by atoms with Crippen LogP contribution in [-0.2, 0) is 14.8 Å². The van der Waals surface area contributed by atoms with Crippen molar-refractivity contribution in [2.24, 2.45) is 0 Å². The van der Waals surface area contributed by atoms with E-state index in [2.05, 4.69) is 32.6 Å². The minimum Gasteiger partial charge on any atom is -0.322 e. The fraction of sp³-hybridized carbons (Fsp3) is 0.167. The Bertz CT molecular complexity index is 933. The number of nitrogens with one attached hydrogen (secondary N) is 2. The summed E-state index contributed by atoms with van der Waals surface area (Å²) < 4.78 is 28.7. The molecule has 2 aromatic carbocycles. The van der Waals surface area contributed by atoms with E-state index in [0.29, 0.717) is 11.4 Å². The number of hydrogen-bond donors (Lipinski definition) is 2. The van der Waals surface area contributed by atoms with E-state index < -0.39 is 10.0 Å². The number of rotatable bonds is 5. The number of anilines is 2. The lowest BCUT2D eigenvalue weighted by Gasteiger charge is -2.12. The van der Waals surface area contributed by atoms with Crippen LogP contribution in [0.3, 0.4) is 0 Å². The number of carbonyl (C=O) groups is 1. The lowest BCUT2D eigenvalue weighted by molar-refractivity contribution is -0.111. The topological polar surface area (TPSA) is 75.3 Å². The van der Waals surface area contributed by atoms with E-state index in [1.165, 1.54) is 18.2 Å². The van der Waals surface area contributed by atoms with Crippen LogP contribution in [0, 0.1) is 10.5 Å². The third-order valence-electron chi connectivity index (χ3n) is 3.20. The smallest absolute Gasteiger partial charge is 0.262 e. The van der Waals surface area contributed by atoms with Crippen molar-refractivity contribution in [1.29, 1.82) is 0 Å². The Hall–Kier alpha value is -1.87. The van der Waals surface area contributed by atoms with Crippen LogP contribution < -0.4 is 10.0 Å². The summed E-state index contributed by atoms with van der Waals surface area (Å²) in [6.45, 7) is 5.52. The van der Waals surface area contributed by atoms with E-state index in [9.17, 15) is 13.2 Å².